The van der Waals surface area contributed by atoms with Gasteiger partial charge in [-0.3, -0.25) is 4.79 Å². The van der Waals surface area contributed by atoms with Gasteiger partial charge < -0.3 is 15.5 Å². The van der Waals surface area contributed by atoms with E-state index in [2.05, 4.69) is 5.32 Å². The molecule has 0 aromatic heterocycles. The van der Waals surface area contributed by atoms with Crippen LogP contribution in [-0.4, -0.2) is 33.4 Å². The zero-order valence-corrected chi connectivity index (χ0v) is 6.83. The lowest BCUT2D eigenvalue weighted by atomic mass is 10.4. The summed E-state index contributed by atoms with van der Waals surface area (Å²) in [5, 5.41) is 19.2. The van der Waals surface area contributed by atoms with Crippen LogP contribution in [-0.2, 0) is 0 Å². The average molecular weight is 245 g/mol. The van der Waals surface area contributed by atoms with E-state index in [9.17, 15) is 4.79 Å². The summed E-state index contributed by atoms with van der Waals surface area (Å²) < 4.78 is -0.236. The number of rotatable bonds is 3. The van der Waals surface area contributed by atoms with Crippen molar-refractivity contribution in [1.82, 2.24) is 5.32 Å². The highest BCUT2D eigenvalue weighted by atomic mass is 127. The van der Waals surface area contributed by atoms with Gasteiger partial charge in [0, 0.05) is 29.1 Å². The van der Waals surface area contributed by atoms with Crippen molar-refractivity contribution in [2.75, 3.05) is 13.2 Å². The highest BCUT2D eigenvalue weighted by molar-refractivity contribution is 14.1. The molecule has 0 heterocycles. The van der Waals surface area contributed by atoms with E-state index in [0.29, 0.717) is 0 Å². The van der Waals surface area contributed by atoms with E-state index < -0.39 is 6.10 Å². The maximum atomic E-state index is 10.1. The number of amides is 1. The SMILES string of the molecule is O=C(I)NCC(O)CO. The first-order valence-electron chi connectivity index (χ1n) is 2.39. The number of aliphatic hydroxyl groups excluding tert-OH is 2. The summed E-state index contributed by atoms with van der Waals surface area (Å²) >= 11 is 1.55. The molecule has 0 rings (SSSR count). The monoisotopic (exact) mass is 245 g/mol. The van der Waals surface area contributed by atoms with Gasteiger partial charge in [0.2, 0.25) is 0 Å². The molecule has 1 unspecified atom stereocenters. The van der Waals surface area contributed by atoms with Crippen molar-refractivity contribution in [3.8, 4) is 0 Å². The molecule has 5 heteroatoms. The Labute approximate surface area is 66.4 Å². The Morgan fingerprint density at radius 2 is 2.33 bits per heavy atom. The molecule has 0 aliphatic heterocycles. The third-order valence-electron chi connectivity index (χ3n) is 0.687. The predicted molar refractivity (Wildman–Crippen MR) is 40.5 cm³/mol. The van der Waals surface area contributed by atoms with Crippen molar-refractivity contribution >= 4 is 26.5 Å². The Hall–Kier alpha value is 0.120. The largest absolute Gasteiger partial charge is 0.394 e. The molecule has 9 heavy (non-hydrogen) atoms. The molecule has 0 aliphatic rings. The van der Waals surface area contributed by atoms with Crippen LogP contribution in [0.5, 0.6) is 0 Å². The number of aliphatic hydroxyl groups is 2. The molecule has 1 amide bonds. The zero-order chi connectivity index (χ0) is 7.28. The summed E-state index contributed by atoms with van der Waals surface area (Å²) in [5.41, 5.74) is 0. The highest BCUT2D eigenvalue weighted by Crippen LogP contribution is 1.83. The van der Waals surface area contributed by atoms with E-state index in [1.54, 1.807) is 22.6 Å². The van der Waals surface area contributed by atoms with E-state index in [0.717, 1.165) is 0 Å². The number of hydrogen-bond acceptors (Lipinski definition) is 3. The van der Waals surface area contributed by atoms with E-state index in [1.807, 2.05) is 0 Å². The normalized spacial score (nSPS) is 12.8. The molecular formula is C4H8INO3. The summed E-state index contributed by atoms with van der Waals surface area (Å²) in [4.78, 5) is 10.1. The quantitative estimate of drug-likeness (QED) is 0.356. The fourth-order valence-electron chi connectivity index (χ4n) is 0.263. The molecule has 4 nitrogen and oxygen atoms in total. The second kappa shape index (κ2) is 4.95. The Bertz CT molecular complexity index is 97.8. The Kier molecular flexibility index (Phi) is 5.02. The zero-order valence-electron chi connectivity index (χ0n) is 4.67. The molecular weight excluding hydrogens is 237 g/mol. The molecule has 0 fully saturated rings. The lowest BCUT2D eigenvalue weighted by Crippen LogP contribution is -2.30. The molecule has 0 aromatic rings. The van der Waals surface area contributed by atoms with Crippen LogP contribution < -0.4 is 5.32 Å². The van der Waals surface area contributed by atoms with Gasteiger partial charge in [0.1, 0.15) is 0 Å². The molecule has 3 N–H and O–H groups in total. The second-order valence-electron chi connectivity index (χ2n) is 1.49. The van der Waals surface area contributed by atoms with Crippen molar-refractivity contribution < 1.29 is 15.0 Å². The smallest absolute Gasteiger partial charge is 0.280 e. The number of nitrogens with one attached hydrogen (secondary N) is 1. The van der Waals surface area contributed by atoms with Crippen molar-refractivity contribution in [1.29, 1.82) is 0 Å². The van der Waals surface area contributed by atoms with Gasteiger partial charge in [-0.2, -0.15) is 0 Å². The first-order chi connectivity index (χ1) is 4.16. The number of hydrogen-bond donors (Lipinski definition) is 3. The fraction of sp³-hybridized carbons (Fsp3) is 0.750. The maximum Gasteiger partial charge on any atom is 0.280 e. The molecule has 1 atom stereocenters. The third kappa shape index (κ3) is 6.00. The number of carbonyl (C=O) groups is 1. The van der Waals surface area contributed by atoms with Gasteiger partial charge in [0.05, 0.1) is 12.7 Å². The van der Waals surface area contributed by atoms with Gasteiger partial charge >= 0.3 is 0 Å². The average Bonchev–Trinajstić information content (AvgIpc) is 1.83. The van der Waals surface area contributed by atoms with Crippen LogP contribution in [0.2, 0.25) is 0 Å². The van der Waals surface area contributed by atoms with Crippen LogP contribution in [0.25, 0.3) is 0 Å². The first-order valence-corrected chi connectivity index (χ1v) is 3.47. The van der Waals surface area contributed by atoms with E-state index in [-0.39, 0.29) is 17.1 Å². The van der Waals surface area contributed by atoms with E-state index >= 15 is 0 Å². The van der Waals surface area contributed by atoms with Gasteiger partial charge in [-0.1, -0.05) is 0 Å². The van der Waals surface area contributed by atoms with Crippen molar-refractivity contribution in [3.05, 3.63) is 0 Å². The molecule has 0 radical (unpaired) electrons. The number of carbonyl (C=O) groups excluding carboxylic acids is 1. The number of halogens is 1. The standard InChI is InChI=1S/C4H8INO3/c5-4(9)6-1-3(8)2-7/h3,7-8H,1-2H2,(H,6,9). The lowest BCUT2D eigenvalue weighted by Gasteiger charge is -2.04. The maximum absolute atomic E-state index is 10.1. The molecule has 54 valence electrons. The summed E-state index contributed by atoms with van der Waals surface area (Å²) in [6.45, 7) is -0.213. The van der Waals surface area contributed by atoms with Crippen LogP contribution in [0.15, 0.2) is 0 Å². The molecule has 0 aliphatic carbocycles. The topological polar surface area (TPSA) is 69.6 Å². The molecule has 0 bridgehead atoms. The van der Waals surface area contributed by atoms with Crippen LogP contribution in [0, 0.1) is 0 Å². The van der Waals surface area contributed by atoms with E-state index in [1.165, 1.54) is 0 Å². The van der Waals surface area contributed by atoms with Crippen molar-refractivity contribution in [2.45, 2.75) is 6.10 Å². The van der Waals surface area contributed by atoms with Gasteiger partial charge in [0.25, 0.3) is 3.91 Å². The molecule has 0 saturated carbocycles. The fourth-order valence-corrected chi connectivity index (χ4v) is 0.483. The third-order valence-corrected chi connectivity index (χ3v) is 1.07. The first kappa shape index (κ1) is 9.12. The molecule has 0 aromatic carbocycles. The minimum atomic E-state index is -0.844. The molecule has 0 saturated heterocycles. The minimum absolute atomic E-state index is 0.109. The Morgan fingerprint density at radius 1 is 1.78 bits per heavy atom. The minimum Gasteiger partial charge on any atom is -0.394 e. The Balaban J connectivity index is 3.16. The summed E-state index contributed by atoms with van der Waals surface area (Å²) in [7, 11) is 0. The summed E-state index contributed by atoms with van der Waals surface area (Å²) in [6, 6.07) is 0. The second-order valence-corrected chi connectivity index (χ2v) is 2.47. The van der Waals surface area contributed by atoms with Gasteiger partial charge in [-0.25, -0.2) is 0 Å². The lowest BCUT2D eigenvalue weighted by molar-refractivity contribution is 0.0970. The van der Waals surface area contributed by atoms with Crippen molar-refractivity contribution in [3.63, 3.8) is 0 Å². The predicted octanol–water partition coefficient (Wildman–Crippen LogP) is -0.516. The summed E-state index contributed by atoms with van der Waals surface area (Å²) in [5.74, 6) is 0. The van der Waals surface area contributed by atoms with Gasteiger partial charge in [-0.05, 0) is 0 Å². The summed E-state index contributed by atoms with van der Waals surface area (Å²) in [6.07, 6.45) is -0.844. The van der Waals surface area contributed by atoms with Gasteiger partial charge in [0.15, 0.2) is 0 Å². The molecule has 0 spiro atoms. The van der Waals surface area contributed by atoms with Crippen LogP contribution in [0.3, 0.4) is 0 Å². The van der Waals surface area contributed by atoms with Crippen LogP contribution in [0.1, 0.15) is 0 Å². The van der Waals surface area contributed by atoms with Crippen LogP contribution >= 0.6 is 22.6 Å². The van der Waals surface area contributed by atoms with Gasteiger partial charge in [-0.15, -0.1) is 0 Å². The van der Waals surface area contributed by atoms with Crippen LogP contribution in [0.4, 0.5) is 4.79 Å². The Morgan fingerprint density at radius 3 is 2.67 bits per heavy atom. The van der Waals surface area contributed by atoms with Crippen molar-refractivity contribution in [2.24, 2.45) is 0 Å². The highest BCUT2D eigenvalue weighted by Gasteiger charge is 2.01. The van der Waals surface area contributed by atoms with E-state index in [4.69, 9.17) is 10.2 Å².